The summed E-state index contributed by atoms with van der Waals surface area (Å²) in [6, 6.07) is 0. The summed E-state index contributed by atoms with van der Waals surface area (Å²) >= 11 is 0. The van der Waals surface area contributed by atoms with Crippen LogP contribution in [0.25, 0.3) is 0 Å². The van der Waals surface area contributed by atoms with E-state index in [1.165, 1.54) is 30.4 Å². The van der Waals surface area contributed by atoms with E-state index in [2.05, 4.69) is 32.9 Å². The second-order valence-corrected chi connectivity index (χ2v) is 9.21. The first-order valence-corrected chi connectivity index (χ1v) is 10.4. The van der Waals surface area contributed by atoms with Gasteiger partial charge in [-0.25, -0.2) is 0 Å². The van der Waals surface area contributed by atoms with E-state index in [1.807, 2.05) is 20.8 Å². The van der Waals surface area contributed by atoms with Crippen LogP contribution in [-0.4, -0.2) is 17.2 Å². The Hall–Kier alpha value is -0.630. The normalized spacial score (nSPS) is 23.2. The van der Waals surface area contributed by atoms with Crippen molar-refractivity contribution in [2.24, 2.45) is 5.41 Å². The van der Waals surface area contributed by atoms with Crippen molar-refractivity contribution in [1.82, 2.24) is 0 Å². The molecule has 0 bridgehead atoms. The Morgan fingerprint density at radius 3 is 2.70 bits per heavy atom. The first kappa shape index (κ1) is 20.4. The van der Waals surface area contributed by atoms with Crippen molar-refractivity contribution in [2.45, 2.75) is 73.3 Å². The number of allylic oxidation sites excluding steroid dienone is 6. The summed E-state index contributed by atoms with van der Waals surface area (Å²) in [5, 5.41) is 0. The molecule has 1 rings (SSSR count). The molecule has 23 heavy (non-hydrogen) atoms. The van der Waals surface area contributed by atoms with Gasteiger partial charge in [0.15, 0.2) is 0 Å². The zero-order valence-electron chi connectivity index (χ0n) is 15.6. The molecule has 1 aliphatic rings. The Kier molecular flexibility index (Phi) is 7.51. The second kappa shape index (κ2) is 8.46. The van der Waals surface area contributed by atoms with Crippen molar-refractivity contribution >= 4 is 7.60 Å². The molecular formula is C19H33O3P. The van der Waals surface area contributed by atoms with E-state index in [0.29, 0.717) is 0 Å². The average Bonchev–Trinajstić information content (AvgIpc) is 2.43. The highest BCUT2D eigenvalue weighted by atomic mass is 31.2. The summed E-state index contributed by atoms with van der Waals surface area (Å²) in [6.07, 6.45) is 10.3. The highest BCUT2D eigenvalue weighted by Crippen LogP contribution is 2.44. The Morgan fingerprint density at radius 1 is 1.48 bits per heavy atom. The predicted molar refractivity (Wildman–Crippen MR) is 98.8 cm³/mol. The molecule has 0 aromatic carbocycles. The van der Waals surface area contributed by atoms with Gasteiger partial charge in [0.25, 0.3) is 0 Å². The van der Waals surface area contributed by atoms with Crippen LogP contribution in [-0.2, 0) is 9.09 Å². The van der Waals surface area contributed by atoms with Crippen molar-refractivity contribution in [1.29, 1.82) is 0 Å². The number of rotatable bonds is 7. The van der Waals surface area contributed by atoms with Gasteiger partial charge in [0.1, 0.15) is 0 Å². The molecule has 4 heteroatoms. The van der Waals surface area contributed by atoms with Gasteiger partial charge in [0, 0.05) is 0 Å². The van der Waals surface area contributed by atoms with Gasteiger partial charge in [-0.3, -0.25) is 4.57 Å². The van der Waals surface area contributed by atoms with E-state index >= 15 is 0 Å². The molecule has 132 valence electrons. The second-order valence-electron chi connectivity index (χ2n) is 7.36. The molecule has 0 aliphatic heterocycles. The van der Waals surface area contributed by atoms with Crippen molar-refractivity contribution in [2.75, 3.05) is 6.16 Å². The predicted octanol–water partition coefficient (Wildman–Crippen LogP) is 6.02. The molecule has 1 aliphatic carbocycles. The molecule has 3 nitrogen and oxygen atoms in total. The van der Waals surface area contributed by atoms with Gasteiger partial charge in [-0.1, -0.05) is 50.1 Å². The molecule has 0 spiro atoms. The SMILES string of the molecule is CCC(C)OP(=O)(O)CC=C(C)C=CC1=C(C)CCCC1(C)C. The van der Waals surface area contributed by atoms with Crippen molar-refractivity contribution in [3.63, 3.8) is 0 Å². The third kappa shape index (κ3) is 6.79. The summed E-state index contributed by atoms with van der Waals surface area (Å²) in [4.78, 5) is 9.86. The van der Waals surface area contributed by atoms with Crippen LogP contribution in [0.2, 0.25) is 0 Å². The minimum atomic E-state index is -3.53. The maximum Gasteiger partial charge on any atom is 0.332 e. The Morgan fingerprint density at radius 2 is 2.13 bits per heavy atom. The maximum absolute atomic E-state index is 12.0. The van der Waals surface area contributed by atoms with Crippen LogP contribution in [0, 0.1) is 5.41 Å². The van der Waals surface area contributed by atoms with Crippen molar-refractivity contribution < 1.29 is 14.0 Å². The maximum atomic E-state index is 12.0. The summed E-state index contributed by atoms with van der Waals surface area (Å²) < 4.78 is 17.2. The van der Waals surface area contributed by atoms with Gasteiger partial charge in [-0.05, 0) is 57.4 Å². The van der Waals surface area contributed by atoms with E-state index in [-0.39, 0.29) is 17.7 Å². The van der Waals surface area contributed by atoms with Crippen LogP contribution >= 0.6 is 7.60 Å². The summed E-state index contributed by atoms with van der Waals surface area (Å²) in [5.74, 6) is 0. The molecule has 0 radical (unpaired) electrons. The number of hydrogen-bond donors (Lipinski definition) is 1. The summed E-state index contributed by atoms with van der Waals surface area (Å²) in [6.45, 7) is 12.5. The van der Waals surface area contributed by atoms with Gasteiger partial charge in [-0.2, -0.15) is 0 Å². The molecule has 0 saturated carbocycles. The minimum Gasteiger partial charge on any atom is -0.324 e. The fourth-order valence-corrected chi connectivity index (χ4v) is 4.27. The lowest BCUT2D eigenvalue weighted by molar-refractivity contribution is 0.187. The van der Waals surface area contributed by atoms with Gasteiger partial charge in [-0.15, -0.1) is 0 Å². The Labute approximate surface area is 142 Å². The highest BCUT2D eigenvalue weighted by molar-refractivity contribution is 7.53. The van der Waals surface area contributed by atoms with Gasteiger partial charge < -0.3 is 9.42 Å². The fourth-order valence-electron chi connectivity index (χ4n) is 2.95. The molecule has 2 atom stereocenters. The zero-order valence-corrected chi connectivity index (χ0v) is 16.5. The van der Waals surface area contributed by atoms with Crippen LogP contribution in [0.5, 0.6) is 0 Å². The third-order valence-electron chi connectivity index (χ3n) is 4.62. The Balaban J connectivity index is 2.75. The zero-order chi connectivity index (χ0) is 17.7. The molecule has 0 saturated heterocycles. The van der Waals surface area contributed by atoms with Crippen LogP contribution in [0.3, 0.4) is 0 Å². The van der Waals surface area contributed by atoms with Crippen LogP contribution in [0.15, 0.2) is 34.9 Å². The topological polar surface area (TPSA) is 46.5 Å². The monoisotopic (exact) mass is 340 g/mol. The minimum absolute atomic E-state index is 0.0644. The largest absolute Gasteiger partial charge is 0.332 e. The van der Waals surface area contributed by atoms with Gasteiger partial charge in [0.05, 0.1) is 12.3 Å². The lowest BCUT2D eigenvalue weighted by atomic mass is 9.72. The molecule has 1 N–H and O–H groups in total. The Bertz CT molecular complexity index is 541. The van der Waals surface area contributed by atoms with Crippen LogP contribution < -0.4 is 0 Å². The quantitative estimate of drug-likeness (QED) is 0.455. The van der Waals surface area contributed by atoms with Gasteiger partial charge in [0.2, 0.25) is 0 Å². The van der Waals surface area contributed by atoms with E-state index in [1.54, 1.807) is 6.08 Å². The van der Waals surface area contributed by atoms with Crippen LogP contribution in [0.1, 0.15) is 67.2 Å². The lowest BCUT2D eigenvalue weighted by Crippen LogP contribution is -2.19. The standard InChI is InChI=1S/C19H33O3P/c1-7-17(4)22-23(20,21)14-12-15(2)10-11-18-16(3)9-8-13-19(18,5)6/h10-12,17H,7-9,13-14H2,1-6H3,(H,20,21). The average molecular weight is 340 g/mol. The molecule has 0 aromatic rings. The van der Waals surface area contributed by atoms with Gasteiger partial charge >= 0.3 is 7.60 Å². The van der Waals surface area contributed by atoms with Crippen LogP contribution in [0.4, 0.5) is 0 Å². The third-order valence-corrected chi connectivity index (χ3v) is 5.95. The van der Waals surface area contributed by atoms with E-state index in [9.17, 15) is 9.46 Å². The molecule has 0 fully saturated rings. The molecular weight excluding hydrogens is 307 g/mol. The van der Waals surface area contributed by atoms with E-state index in [0.717, 1.165) is 12.0 Å². The lowest BCUT2D eigenvalue weighted by Gasteiger charge is -2.32. The summed E-state index contributed by atoms with van der Waals surface area (Å²) in [7, 11) is -3.53. The molecule has 0 heterocycles. The van der Waals surface area contributed by atoms with Crippen molar-refractivity contribution in [3.8, 4) is 0 Å². The summed E-state index contributed by atoms with van der Waals surface area (Å²) in [5.41, 5.74) is 4.07. The molecule has 2 unspecified atom stereocenters. The van der Waals surface area contributed by atoms with E-state index in [4.69, 9.17) is 4.52 Å². The molecule has 0 aromatic heterocycles. The smallest absolute Gasteiger partial charge is 0.324 e. The van der Waals surface area contributed by atoms with Crippen molar-refractivity contribution in [3.05, 3.63) is 34.9 Å². The fraction of sp³-hybridized carbons (Fsp3) is 0.684. The number of hydrogen-bond acceptors (Lipinski definition) is 2. The van der Waals surface area contributed by atoms with E-state index < -0.39 is 7.60 Å². The first-order chi connectivity index (χ1) is 10.6. The molecule has 0 amide bonds. The highest BCUT2D eigenvalue weighted by Gasteiger charge is 2.26. The first-order valence-electron chi connectivity index (χ1n) is 8.62.